The Hall–Kier alpha value is -1.49. The summed E-state index contributed by atoms with van der Waals surface area (Å²) in [5, 5.41) is 2.83. The van der Waals surface area contributed by atoms with Crippen LogP contribution in [0.2, 0.25) is 0 Å². The number of halogens is 2. The van der Waals surface area contributed by atoms with E-state index in [4.69, 9.17) is 5.73 Å². The van der Waals surface area contributed by atoms with Crippen molar-refractivity contribution in [1.82, 2.24) is 5.32 Å². The lowest BCUT2D eigenvalue weighted by Gasteiger charge is -2.21. The van der Waals surface area contributed by atoms with Gasteiger partial charge in [-0.3, -0.25) is 4.79 Å². The molecule has 3 nitrogen and oxygen atoms in total. The van der Waals surface area contributed by atoms with Gasteiger partial charge in [-0.05, 0) is 30.5 Å². The first-order valence-corrected chi connectivity index (χ1v) is 6.37. The van der Waals surface area contributed by atoms with Crippen molar-refractivity contribution in [3.63, 3.8) is 0 Å². The molecule has 1 aromatic carbocycles. The molecule has 0 saturated carbocycles. The molecule has 0 bridgehead atoms. The average Bonchev–Trinajstić information content (AvgIpc) is 2.32. The van der Waals surface area contributed by atoms with Crippen LogP contribution in [0.25, 0.3) is 0 Å². The van der Waals surface area contributed by atoms with Crippen LogP contribution in [0.1, 0.15) is 25.8 Å². The van der Waals surface area contributed by atoms with Gasteiger partial charge in [-0.2, -0.15) is 0 Å². The van der Waals surface area contributed by atoms with Gasteiger partial charge in [0.2, 0.25) is 5.91 Å². The number of nitrogens with two attached hydrogens (primary N) is 1. The Labute approximate surface area is 112 Å². The van der Waals surface area contributed by atoms with E-state index in [1.54, 1.807) is 0 Å². The summed E-state index contributed by atoms with van der Waals surface area (Å²) in [4.78, 5) is 11.8. The first kappa shape index (κ1) is 15.6. The van der Waals surface area contributed by atoms with E-state index in [-0.39, 0.29) is 29.9 Å². The van der Waals surface area contributed by atoms with Gasteiger partial charge < -0.3 is 11.1 Å². The number of carbonyl (C=O) groups is 1. The van der Waals surface area contributed by atoms with E-state index < -0.39 is 11.6 Å². The first-order chi connectivity index (χ1) is 8.93. The van der Waals surface area contributed by atoms with E-state index in [9.17, 15) is 13.6 Å². The van der Waals surface area contributed by atoms with Gasteiger partial charge in [0.25, 0.3) is 0 Å². The Bertz CT molecular complexity index is 435. The summed E-state index contributed by atoms with van der Waals surface area (Å²) in [6, 6.07) is 3.19. The predicted molar refractivity (Wildman–Crippen MR) is 70.5 cm³/mol. The van der Waals surface area contributed by atoms with E-state index in [1.807, 2.05) is 13.8 Å². The van der Waals surface area contributed by atoms with Gasteiger partial charge in [0.1, 0.15) is 11.6 Å². The standard InChI is InChI=1S/C14H20F2N2O/c1-9(2)13(5-6-17)18-14(19)7-10-3-4-11(15)8-12(10)16/h3-4,8-9,13H,5-7,17H2,1-2H3,(H,18,19). The molecule has 1 aromatic rings. The Morgan fingerprint density at radius 3 is 2.58 bits per heavy atom. The minimum Gasteiger partial charge on any atom is -0.353 e. The quantitative estimate of drug-likeness (QED) is 0.830. The van der Waals surface area contributed by atoms with Crippen LogP contribution < -0.4 is 11.1 Å². The summed E-state index contributed by atoms with van der Waals surface area (Å²) < 4.78 is 26.2. The van der Waals surface area contributed by atoms with Crippen molar-refractivity contribution in [2.24, 2.45) is 11.7 Å². The Morgan fingerprint density at radius 2 is 2.05 bits per heavy atom. The third-order valence-electron chi connectivity index (χ3n) is 2.99. The van der Waals surface area contributed by atoms with Crippen LogP contribution in [-0.4, -0.2) is 18.5 Å². The number of amides is 1. The van der Waals surface area contributed by atoms with Crippen molar-refractivity contribution >= 4 is 5.91 Å². The minimum absolute atomic E-state index is 0.0268. The fourth-order valence-corrected chi connectivity index (χ4v) is 1.85. The lowest BCUT2D eigenvalue weighted by Crippen LogP contribution is -2.40. The number of carbonyl (C=O) groups excluding carboxylic acids is 1. The summed E-state index contributed by atoms with van der Waals surface area (Å²) in [6.07, 6.45) is 0.579. The topological polar surface area (TPSA) is 55.1 Å². The maximum Gasteiger partial charge on any atom is 0.224 e. The smallest absolute Gasteiger partial charge is 0.224 e. The molecule has 19 heavy (non-hydrogen) atoms. The molecular weight excluding hydrogens is 250 g/mol. The maximum absolute atomic E-state index is 13.4. The van der Waals surface area contributed by atoms with E-state index in [2.05, 4.69) is 5.32 Å². The molecule has 1 atom stereocenters. The third-order valence-corrected chi connectivity index (χ3v) is 2.99. The molecule has 0 aliphatic rings. The van der Waals surface area contributed by atoms with Crippen LogP contribution in [0.5, 0.6) is 0 Å². The molecular formula is C14H20F2N2O. The largest absolute Gasteiger partial charge is 0.353 e. The number of hydrogen-bond donors (Lipinski definition) is 2. The zero-order valence-corrected chi connectivity index (χ0v) is 11.2. The van der Waals surface area contributed by atoms with Gasteiger partial charge >= 0.3 is 0 Å². The van der Waals surface area contributed by atoms with Crippen molar-refractivity contribution in [3.05, 3.63) is 35.4 Å². The molecule has 1 amide bonds. The fourth-order valence-electron chi connectivity index (χ4n) is 1.85. The Kier molecular flexibility index (Phi) is 5.89. The van der Waals surface area contributed by atoms with Crippen molar-refractivity contribution in [2.45, 2.75) is 32.7 Å². The zero-order chi connectivity index (χ0) is 14.4. The molecule has 1 unspecified atom stereocenters. The van der Waals surface area contributed by atoms with Gasteiger partial charge in [0.05, 0.1) is 6.42 Å². The second-order valence-corrected chi connectivity index (χ2v) is 4.91. The van der Waals surface area contributed by atoms with Gasteiger partial charge in [-0.1, -0.05) is 19.9 Å². The highest BCUT2D eigenvalue weighted by Crippen LogP contribution is 2.11. The number of benzene rings is 1. The van der Waals surface area contributed by atoms with Gasteiger partial charge in [-0.15, -0.1) is 0 Å². The van der Waals surface area contributed by atoms with E-state index in [0.717, 1.165) is 12.1 Å². The van der Waals surface area contributed by atoms with Gasteiger partial charge in [0, 0.05) is 12.1 Å². The van der Waals surface area contributed by atoms with E-state index in [1.165, 1.54) is 6.07 Å². The summed E-state index contributed by atoms with van der Waals surface area (Å²) in [6.45, 7) is 4.45. The summed E-state index contributed by atoms with van der Waals surface area (Å²) >= 11 is 0. The molecule has 5 heteroatoms. The van der Waals surface area contributed by atoms with Crippen LogP contribution in [0.3, 0.4) is 0 Å². The monoisotopic (exact) mass is 270 g/mol. The molecule has 0 fully saturated rings. The second kappa shape index (κ2) is 7.19. The van der Waals surface area contributed by atoms with E-state index >= 15 is 0 Å². The highest BCUT2D eigenvalue weighted by molar-refractivity contribution is 5.78. The molecule has 0 saturated heterocycles. The molecule has 0 aliphatic heterocycles. The molecule has 0 aromatic heterocycles. The summed E-state index contributed by atoms with van der Waals surface area (Å²) in [5.74, 6) is -1.37. The van der Waals surface area contributed by atoms with Crippen LogP contribution in [0.4, 0.5) is 8.78 Å². The normalized spacial score (nSPS) is 12.5. The lowest BCUT2D eigenvalue weighted by molar-refractivity contribution is -0.121. The van der Waals surface area contributed by atoms with Crippen molar-refractivity contribution in [3.8, 4) is 0 Å². The molecule has 0 heterocycles. The zero-order valence-electron chi connectivity index (χ0n) is 11.2. The molecule has 0 aliphatic carbocycles. The molecule has 3 N–H and O–H groups in total. The minimum atomic E-state index is -0.699. The number of nitrogens with one attached hydrogen (secondary N) is 1. The van der Waals surface area contributed by atoms with Crippen molar-refractivity contribution < 1.29 is 13.6 Å². The fraction of sp³-hybridized carbons (Fsp3) is 0.500. The maximum atomic E-state index is 13.4. The van der Waals surface area contributed by atoms with Crippen molar-refractivity contribution in [2.75, 3.05) is 6.54 Å². The lowest BCUT2D eigenvalue weighted by atomic mass is 10.0. The second-order valence-electron chi connectivity index (χ2n) is 4.91. The number of hydrogen-bond acceptors (Lipinski definition) is 2. The Morgan fingerprint density at radius 1 is 1.37 bits per heavy atom. The average molecular weight is 270 g/mol. The summed E-state index contributed by atoms with van der Waals surface area (Å²) in [5.41, 5.74) is 5.67. The molecule has 1 rings (SSSR count). The first-order valence-electron chi connectivity index (χ1n) is 6.37. The van der Waals surface area contributed by atoms with Gasteiger partial charge in [0.15, 0.2) is 0 Å². The predicted octanol–water partition coefficient (Wildman–Crippen LogP) is 2.00. The van der Waals surface area contributed by atoms with E-state index in [0.29, 0.717) is 13.0 Å². The van der Waals surface area contributed by atoms with Crippen molar-refractivity contribution in [1.29, 1.82) is 0 Å². The van der Waals surface area contributed by atoms with Crippen LogP contribution in [-0.2, 0) is 11.2 Å². The molecule has 0 radical (unpaired) electrons. The Balaban J connectivity index is 2.63. The molecule has 106 valence electrons. The van der Waals surface area contributed by atoms with Gasteiger partial charge in [-0.25, -0.2) is 8.78 Å². The van der Waals surface area contributed by atoms with Crippen LogP contribution in [0, 0.1) is 17.6 Å². The number of rotatable bonds is 6. The summed E-state index contributed by atoms with van der Waals surface area (Å²) in [7, 11) is 0. The highest BCUT2D eigenvalue weighted by Gasteiger charge is 2.16. The SMILES string of the molecule is CC(C)C(CCN)NC(=O)Cc1ccc(F)cc1F. The molecule has 0 spiro atoms. The highest BCUT2D eigenvalue weighted by atomic mass is 19.1. The third kappa shape index (κ3) is 4.95. The van der Waals surface area contributed by atoms with Crippen LogP contribution >= 0.6 is 0 Å². The van der Waals surface area contributed by atoms with Crippen LogP contribution in [0.15, 0.2) is 18.2 Å².